The predicted octanol–water partition coefficient (Wildman–Crippen LogP) is -6.78. The van der Waals surface area contributed by atoms with Crippen molar-refractivity contribution < 1.29 is 117 Å². The zero-order chi connectivity index (χ0) is 104. The third-order valence-corrected chi connectivity index (χ3v) is 22.7. The molecule has 2 heterocycles. The normalized spacial score (nSPS) is 14.3. The number of H-pyrrole nitrogens is 2. The van der Waals surface area contributed by atoms with Crippen molar-refractivity contribution in [1.29, 1.82) is 10.8 Å². The smallest absolute Gasteiger partial charge is 0.303 e. The number of nitrogens with two attached hydrogens (primary N) is 6. The van der Waals surface area contributed by atoms with Gasteiger partial charge >= 0.3 is 17.9 Å². The molecule has 0 aliphatic heterocycles. The number of fused-ring (bicyclic) bond motifs is 2. The van der Waals surface area contributed by atoms with Crippen molar-refractivity contribution in [1.82, 2.24) is 95.0 Å². The highest BCUT2D eigenvalue weighted by Gasteiger charge is 2.40. The van der Waals surface area contributed by atoms with Gasteiger partial charge in [-0.2, -0.15) is 25.3 Å². The standard InChI is InChI=1S/C89H124N26O24S2/c1-45(116)73(115-80(132)57(21-12-34-99-89(96)97)105-85(137)66(43-140)114-84(136)65(39-68(92)118)111-77(129)58(26-29-70(120)121)103-74(126)53(91)17-9-10-32-90)87(139)112-64(38-49-41-101-55-19-8-6-16-52(49)55)83(135)107-60(28-31-72(124)125)79(131)113-67(44-141)86(138)109-62(36-47-22-24-50(117)25-23-47)81(133)110-63(37-48-40-100-54-18-7-5-15-51(48)54)82(134)104-56(20-11-33-98-88(94)95)76(128)106-59(27-30-71(122)123)78(130)108-61(75(127)102-42-69(93)119)35-46-13-3-2-4-14-46/h2-8,13-16,18-19,22-25,40-41,45,53,56-67,73,100-101,116-117,140-141H,9-12,17,20-21,26-39,42-44,90-91H2,1H3,(H2,92,118)(H2,93,119)(H,102,127)(H,103,126)(H,104,134)(H,105,137)(H,106,128)(H,107,135)(H,108,130)(H,109,138)(H,110,133)(H,111,129)(H,112,139)(H,113,131)(H,114,136)(H,115,132)(H,120,121)(H,122,123)(H,124,125)(H4,94,95,98)(H4,96,97,99)/t45-,53+,56+,57+,58+,59+,60+,61+,62+,63+,64+,65+,66+,67+,73+/m1/s1. The number of aliphatic hydroxyl groups is 1. The molecule has 6 aromatic rings. The van der Waals surface area contributed by atoms with Crippen LogP contribution in [0.4, 0.5) is 0 Å². The highest BCUT2D eigenvalue weighted by Crippen LogP contribution is 2.23. The van der Waals surface area contributed by atoms with Crippen LogP contribution in [0.2, 0.25) is 0 Å². The molecule has 0 spiro atoms. The number of rotatable bonds is 63. The van der Waals surface area contributed by atoms with Crippen LogP contribution >= 0.6 is 25.3 Å². The van der Waals surface area contributed by atoms with E-state index in [2.05, 4.69) is 120 Å². The van der Waals surface area contributed by atoms with Gasteiger partial charge in [0.05, 0.1) is 25.1 Å². The average Bonchev–Trinajstić information content (AvgIpc) is 1.79. The van der Waals surface area contributed by atoms with Gasteiger partial charge in [0.1, 0.15) is 84.3 Å². The van der Waals surface area contributed by atoms with Gasteiger partial charge in [0.25, 0.3) is 0 Å². The molecule has 50 nitrogen and oxygen atoms in total. The van der Waals surface area contributed by atoms with Crippen LogP contribution in [0, 0.1) is 10.8 Å². The summed E-state index contributed by atoms with van der Waals surface area (Å²) in [5, 5.41) is 107. The van der Waals surface area contributed by atoms with Crippen molar-refractivity contribution in [2.24, 2.45) is 34.4 Å². The first kappa shape index (κ1) is 115. The molecule has 15 atom stereocenters. The van der Waals surface area contributed by atoms with Gasteiger partial charge in [0.15, 0.2) is 11.9 Å². The first-order chi connectivity index (χ1) is 67.0. The van der Waals surface area contributed by atoms with Crippen LogP contribution in [0.15, 0.2) is 116 Å². The third kappa shape index (κ3) is 39.7. The number of aromatic nitrogens is 2. The lowest BCUT2D eigenvalue weighted by atomic mass is 10.0. The molecule has 37 N–H and O–H groups in total. The Bertz CT molecular complexity index is 5380. The fraction of sp³-hybridized carbons (Fsp3) is 0.449. The van der Waals surface area contributed by atoms with E-state index >= 15 is 14.4 Å². The number of para-hydroxylation sites is 2. The number of carbonyl (C=O) groups is 19. The number of primary amides is 2. The molecule has 0 radical (unpaired) electrons. The number of aromatic hydroxyl groups is 1. The molecule has 0 saturated heterocycles. The Kier molecular flexibility index (Phi) is 47.5. The van der Waals surface area contributed by atoms with Crippen molar-refractivity contribution in [3.63, 3.8) is 0 Å². The number of aliphatic hydroxyl groups excluding tert-OH is 1. The molecule has 6 rings (SSSR count). The fourth-order valence-electron chi connectivity index (χ4n) is 14.5. The minimum Gasteiger partial charge on any atom is -0.508 e. The Morgan fingerprint density at radius 3 is 1.09 bits per heavy atom. The molecule has 52 heteroatoms. The maximum atomic E-state index is 15.4. The van der Waals surface area contributed by atoms with Gasteiger partial charge in [0, 0.05) is 104 Å². The summed E-state index contributed by atoms with van der Waals surface area (Å²) in [6.45, 7) is 0.505. The van der Waals surface area contributed by atoms with E-state index in [0.29, 0.717) is 51.3 Å². The van der Waals surface area contributed by atoms with Gasteiger partial charge in [-0.25, -0.2) is 0 Å². The number of phenolic OH excluding ortho intramolecular Hbond substituents is 1. The first-order valence-corrected chi connectivity index (χ1v) is 46.1. The Balaban J connectivity index is 1.29. The average molecular weight is 2010 g/mol. The van der Waals surface area contributed by atoms with Crippen molar-refractivity contribution in [3.05, 3.63) is 138 Å². The van der Waals surface area contributed by atoms with E-state index in [1.807, 2.05) is 0 Å². The number of hydrogen-bond donors (Lipinski definition) is 33. The lowest BCUT2D eigenvalue weighted by Gasteiger charge is -2.29. The SMILES string of the molecule is C[C@@H](O)[C@H](NC(=O)[C@H](CCCNC(=N)N)NC(=O)[C@H](CS)NC(=O)[C@H](CC(N)=O)NC(=O)[C@H](CCC(=O)O)NC(=O)[C@@H](N)CCCCN)C(=O)N[C@@H](Cc1c[nH]c2ccccc12)C(=O)N[C@@H](CCC(=O)O)C(=O)N[C@@H](CS)C(=O)N[C@@H](Cc1ccc(O)cc1)C(=O)N[C@@H](Cc1c[nH]c2ccccc12)C(=O)N[C@@H](CCCNC(=N)N)C(=O)N[C@@H](CCC(=O)O)C(=O)N[C@@H](Cc1ccccc1)C(=O)NCC(N)=O. The Morgan fingerprint density at radius 2 is 0.695 bits per heavy atom. The van der Waals surface area contributed by atoms with Crippen molar-refractivity contribution in [2.75, 3.05) is 37.7 Å². The second-order valence-electron chi connectivity index (χ2n) is 33.0. The maximum Gasteiger partial charge on any atom is 0.303 e. The number of phenols is 1. The molecule has 766 valence electrons. The van der Waals surface area contributed by atoms with Crippen LogP contribution in [0.25, 0.3) is 21.8 Å². The van der Waals surface area contributed by atoms with Gasteiger partial charge in [0.2, 0.25) is 94.5 Å². The molecule has 2 aromatic heterocycles. The van der Waals surface area contributed by atoms with Crippen LogP contribution in [0.5, 0.6) is 5.75 Å². The predicted molar refractivity (Wildman–Crippen MR) is 516 cm³/mol. The summed E-state index contributed by atoms with van der Waals surface area (Å²) in [5.41, 5.74) is 36.0. The van der Waals surface area contributed by atoms with E-state index in [-0.39, 0.29) is 75.9 Å². The summed E-state index contributed by atoms with van der Waals surface area (Å²) in [4.78, 5) is 270. The molecule has 0 aliphatic rings. The molecule has 0 saturated carbocycles. The molecule has 0 fully saturated rings. The van der Waals surface area contributed by atoms with Crippen LogP contribution < -0.4 is 119 Å². The quantitative estimate of drug-likeness (QED) is 0.00730. The number of benzene rings is 4. The lowest BCUT2D eigenvalue weighted by Crippen LogP contribution is -2.62. The second-order valence-corrected chi connectivity index (χ2v) is 33.8. The molecular formula is C89H124N26O24S2. The number of unbranched alkanes of at least 4 members (excludes halogenated alkanes) is 1. The topological polar surface area (TPSA) is 853 Å². The Morgan fingerprint density at radius 1 is 0.362 bits per heavy atom. The number of carboxylic acids is 3. The number of guanidine groups is 2. The van der Waals surface area contributed by atoms with Crippen LogP contribution in [-0.4, -0.2) is 288 Å². The van der Waals surface area contributed by atoms with Crippen LogP contribution in [0.3, 0.4) is 0 Å². The molecule has 16 amide bonds. The zero-order valence-corrected chi connectivity index (χ0v) is 78.7. The number of hydrogen-bond acceptors (Lipinski definition) is 27. The van der Waals surface area contributed by atoms with E-state index in [0.717, 1.165) is 6.92 Å². The van der Waals surface area contributed by atoms with E-state index in [1.165, 1.54) is 36.7 Å². The second kappa shape index (κ2) is 58.5. The summed E-state index contributed by atoms with van der Waals surface area (Å²) in [5.74, 6) is -24.7. The van der Waals surface area contributed by atoms with Gasteiger partial charge in [-0.1, -0.05) is 85.3 Å². The molecular weight excluding hydrogens is 1880 g/mol. The largest absolute Gasteiger partial charge is 0.508 e. The monoisotopic (exact) mass is 2000 g/mol. The fourth-order valence-corrected chi connectivity index (χ4v) is 15.0. The van der Waals surface area contributed by atoms with Crippen LogP contribution in [-0.2, 0) is 117 Å². The number of carbonyl (C=O) groups excluding carboxylic acids is 16. The molecule has 141 heavy (non-hydrogen) atoms. The van der Waals surface area contributed by atoms with Crippen molar-refractivity contribution >= 4 is 171 Å². The highest BCUT2D eigenvalue weighted by molar-refractivity contribution is 7.80. The summed E-state index contributed by atoms with van der Waals surface area (Å²) >= 11 is 8.58. The van der Waals surface area contributed by atoms with Crippen LogP contribution in [0.1, 0.15) is 119 Å². The van der Waals surface area contributed by atoms with Gasteiger partial charge in [-0.05, 0) is 118 Å². The minimum atomic E-state index is -2.07. The number of amides is 16. The van der Waals surface area contributed by atoms with Gasteiger partial charge < -0.3 is 155 Å². The Labute approximate surface area is 818 Å². The number of carboxylic acid groups (broad SMARTS) is 3. The number of aliphatic carboxylic acids is 3. The molecule has 0 bridgehead atoms. The van der Waals surface area contributed by atoms with E-state index in [9.17, 15) is 102 Å². The van der Waals surface area contributed by atoms with Gasteiger partial charge in [-0.15, -0.1) is 0 Å². The van der Waals surface area contributed by atoms with E-state index in [4.69, 9.17) is 45.2 Å². The zero-order valence-electron chi connectivity index (χ0n) is 77.0. The van der Waals surface area contributed by atoms with Crippen molar-refractivity contribution in [2.45, 2.75) is 213 Å². The number of thiol groups is 2. The van der Waals surface area contributed by atoms with E-state index < -0.39 is 291 Å². The molecule has 4 aromatic carbocycles. The Hall–Kier alpha value is -15.2. The number of aromatic amines is 2. The summed E-state index contributed by atoms with van der Waals surface area (Å²) in [6.07, 6.45) is -5.22. The van der Waals surface area contributed by atoms with Gasteiger partial charge in [-0.3, -0.25) is 102 Å². The van der Waals surface area contributed by atoms with Crippen molar-refractivity contribution in [3.8, 4) is 5.75 Å². The van der Waals surface area contributed by atoms with E-state index in [1.54, 1.807) is 78.9 Å². The summed E-state index contributed by atoms with van der Waals surface area (Å²) in [7, 11) is 0. The highest BCUT2D eigenvalue weighted by atomic mass is 32.1. The molecule has 0 unspecified atom stereocenters. The summed E-state index contributed by atoms with van der Waals surface area (Å²) in [6, 6.07) is 2.61. The molecule has 0 aliphatic carbocycles. The summed E-state index contributed by atoms with van der Waals surface area (Å²) < 4.78 is 0. The third-order valence-electron chi connectivity index (χ3n) is 21.9. The number of nitrogens with one attached hydrogen (secondary N) is 20. The minimum absolute atomic E-state index is 0.0454. The lowest BCUT2D eigenvalue weighted by molar-refractivity contribution is -0.139. The first-order valence-electron chi connectivity index (χ1n) is 44.9. The maximum absolute atomic E-state index is 15.4.